The van der Waals surface area contributed by atoms with Crippen LogP contribution in [0.15, 0.2) is 60.8 Å². The lowest BCUT2D eigenvalue weighted by Gasteiger charge is -2.09. The summed E-state index contributed by atoms with van der Waals surface area (Å²) in [6, 6.07) is 16.0. The minimum Gasteiger partial charge on any atom is -0.368 e. The zero-order valence-corrected chi connectivity index (χ0v) is 16.2. The Morgan fingerprint density at radius 1 is 0.966 bits per heavy atom. The smallest absolute Gasteiger partial charge is 0.270 e. The van der Waals surface area contributed by atoms with E-state index >= 15 is 0 Å². The number of rotatable bonds is 7. The number of H-pyrrole nitrogens is 1. The van der Waals surface area contributed by atoms with E-state index in [0.29, 0.717) is 16.0 Å². The van der Waals surface area contributed by atoms with E-state index in [4.69, 9.17) is 18.0 Å². The number of nitrogens with two attached hydrogens (primary N) is 1. The molecule has 0 atom stereocenters. The van der Waals surface area contributed by atoms with Gasteiger partial charge in [0.25, 0.3) is 11.8 Å². The number of primary amides is 1. The number of hydrogen-bond donors (Lipinski definition) is 4. The van der Waals surface area contributed by atoms with Gasteiger partial charge in [0.15, 0.2) is 4.77 Å². The number of carbonyl (C=O) groups excluding carboxylic acids is 3. The zero-order chi connectivity index (χ0) is 20.8. The molecule has 3 rings (SSSR count). The second kappa shape index (κ2) is 8.98. The van der Waals surface area contributed by atoms with Crippen molar-refractivity contribution in [1.82, 2.24) is 20.2 Å². The quantitative estimate of drug-likeness (QED) is 0.444. The van der Waals surface area contributed by atoms with Gasteiger partial charge in [-0.1, -0.05) is 30.3 Å². The van der Waals surface area contributed by atoms with Gasteiger partial charge in [-0.05, 0) is 42.0 Å². The van der Waals surface area contributed by atoms with Crippen molar-refractivity contribution in [1.29, 1.82) is 0 Å². The van der Waals surface area contributed by atoms with Crippen LogP contribution < -0.4 is 16.4 Å². The van der Waals surface area contributed by atoms with Crippen molar-refractivity contribution in [2.24, 2.45) is 5.73 Å². The first-order chi connectivity index (χ1) is 14.0. The van der Waals surface area contributed by atoms with E-state index in [9.17, 15) is 14.4 Å². The first kappa shape index (κ1) is 20.0. The molecule has 0 spiro atoms. The molecule has 3 amide bonds. The number of para-hydroxylation sites is 1. The third-order valence-corrected chi connectivity index (χ3v) is 4.42. The Labute approximate surface area is 171 Å². The summed E-state index contributed by atoms with van der Waals surface area (Å²) in [7, 11) is 0. The Morgan fingerprint density at radius 2 is 1.66 bits per heavy atom. The summed E-state index contributed by atoms with van der Waals surface area (Å²) in [5, 5.41) is 5.25. The first-order valence-electron chi connectivity index (χ1n) is 8.75. The average molecular weight is 409 g/mol. The largest absolute Gasteiger partial charge is 0.368 e. The molecule has 0 aliphatic carbocycles. The minimum atomic E-state index is -0.614. The standard InChI is InChI=1S/C20H19N5O3S/c21-17(26)12-23-18(27)14-8-6-13(7-9-14)10-22-19(28)16-11-24-20(29)25(16)15-4-2-1-3-5-15/h1-9,11H,10,12H2,(H2,21,26)(H,22,28)(H,23,27)(H,24,29). The van der Waals surface area contributed by atoms with E-state index < -0.39 is 11.8 Å². The summed E-state index contributed by atoms with van der Waals surface area (Å²) >= 11 is 5.29. The normalized spacial score (nSPS) is 10.3. The first-order valence-corrected chi connectivity index (χ1v) is 9.16. The molecule has 0 fully saturated rings. The molecular formula is C20H19N5O3S. The number of nitrogens with zero attached hydrogens (tertiary/aromatic N) is 1. The van der Waals surface area contributed by atoms with Crippen molar-refractivity contribution in [3.8, 4) is 5.69 Å². The highest BCUT2D eigenvalue weighted by molar-refractivity contribution is 7.71. The van der Waals surface area contributed by atoms with Crippen LogP contribution in [-0.4, -0.2) is 33.8 Å². The summed E-state index contributed by atoms with van der Waals surface area (Å²) in [4.78, 5) is 38.1. The van der Waals surface area contributed by atoms with Gasteiger partial charge in [0.1, 0.15) is 5.69 Å². The van der Waals surface area contributed by atoms with E-state index in [1.165, 1.54) is 0 Å². The Hall–Kier alpha value is -3.72. The summed E-state index contributed by atoms with van der Waals surface area (Å²) in [5.74, 6) is -1.30. The van der Waals surface area contributed by atoms with Gasteiger partial charge in [0.05, 0.1) is 6.54 Å². The lowest BCUT2D eigenvalue weighted by Crippen LogP contribution is -2.33. The maximum absolute atomic E-state index is 12.6. The predicted octanol–water partition coefficient (Wildman–Crippen LogP) is 1.68. The Morgan fingerprint density at radius 3 is 2.31 bits per heavy atom. The molecule has 1 aromatic heterocycles. The number of carbonyl (C=O) groups is 3. The molecule has 3 aromatic rings. The minimum absolute atomic E-state index is 0.223. The lowest BCUT2D eigenvalue weighted by atomic mass is 10.1. The van der Waals surface area contributed by atoms with Crippen LogP contribution in [0, 0.1) is 4.77 Å². The summed E-state index contributed by atoms with van der Waals surface area (Å²) < 4.78 is 2.09. The van der Waals surface area contributed by atoms with Gasteiger partial charge in [0, 0.05) is 24.0 Å². The van der Waals surface area contributed by atoms with Crippen LogP contribution in [0.25, 0.3) is 5.69 Å². The van der Waals surface area contributed by atoms with E-state index in [1.807, 2.05) is 30.3 Å². The van der Waals surface area contributed by atoms with Crippen LogP contribution in [-0.2, 0) is 11.3 Å². The number of aromatic nitrogens is 2. The summed E-state index contributed by atoms with van der Waals surface area (Å²) in [5.41, 5.74) is 7.39. The van der Waals surface area contributed by atoms with Gasteiger partial charge >= 0.3 is 0 Å². The van der Waals surface area contributed by atoms with Gasteiger partial charge in [-0.25, -0.2) is 0 Å². The molecule has 0 radical (unpaired) electrons. The van der Waals surface area contributed by atoms with Crippen molar-refractivity contribution < 1.29 is 14.4 Å². The Bertz CT molecular complexity index is 1090. The average Bonchev–Trinajstić information content (AvgIpc) is 3.12. The summed E-state index contributed by atoms with van der Waals surface area (Å²) in [6.45, 7) is 0.0499. The van der Waals surface area contributed by atoms with Crippen LogP contribution in [0.1, 0.15) is 26.4 Å². The van der Waals surface area contributed by atoms with Gasteiger partial charge in [0.2, 0.25) is 5.91 Å². The van der Waals surface area contributed by atoms with Crippen molar-refractivity contribution in [2.45, 2.75) is 6.54 Å². The molecule has 8 nitrogen and oxygen atoms in total. The van der Waals surface area contributed by atoms with Crippen LogP contribution in [0.4, 0.5) is 0 Å². The Kier molecular flexibility index (Phi) is 6.20. The van der Waals surface area contributed by atoms with Crippen molar-refractivity contribution >= 4 is 29.9 Å². The fourth-order valence-electron chi connectivity index (χ4n) is 2.69. The SMILES string of the molecule is NC(=O)CNC(=O)c1ccc(CNC(=O)c2c[nH]c(=S)n2-c2ccccc2)cc1. The molecule has 0 aliphatic rings. The van der Waals surface area contributed by atoms with Crippen LogP contribution >= 0.6 is 12.2 Å². The highest BCUT2D eigenvalue weighted by Crippen LogP contribution is 2.13. The molecule has 9 heteroatoms. The predicted molar refractivity (Wildman–Crippen MR) is 110 cm³/mol. The van der Waals surface area contributed by atoms with Gasteiger partial charge in [-0.15, -0.1) is 0 Å². The molecule has 29 heavy (non-hydrogen) atoms. The van der Waals surface area contributed by atoms with E-state index in [1.54, 1.807) is 35.0 Å². The zero-order valence-electron chi connectivity index (χ0n) is 15.3. The van der Waals surface area contributed by atoms with Gasteiger partial charge < -0.3 is 21.4 Å². The fourth-order valence-corrected chi connectivity index (χ4v) is 2.95. The lowest BCUT2D eigenvalue weighted by molar-refractivity contribution is -0.117. The van der Waals surface area contributed by atoms with E-state index in [2.05, 4.69) is 15.6 Å². The monoisotopic (exact) mass is 409 g/mol. The number of imidazole rings is 1. The van der Waals surface area contributed by atoms with Gasteiger partial charge in [-0.3, -0.25) is 19.0 Å². The highest BCUT2D eigenvalue weighted by Gasteiger charge is 2.14. The molecule has 5 N–H and O–H groups in total. The Balaban J connectivity index is 1.65. The fraction of sp³-hybridized carbons (Fsp3) is 0.100. The number of amides is 3. The number of benzene rings is 2. The van der Waals surface area contributed by atoms with E-state index in [0.717, 1.165) is 11.3 Å². The second-order valence-corrected chi connectivity index (χ2v) is 6.57. The number of nitrogens with one attached hydrogen (secondary N) is 3. The molecule has 1 heterocycles. The molecule has 0 saturated heterocycles. The molecule has 0 bridgehead atoms. The summed E-state index contributed by atoms with van der Waals surface area (Å²) in [6.07, 6.45) is 1.57. The van der Waals surface area contributed by atoms with Crippen molar-refractivity contribution in [2.75, 3.05) is 6.54 Å². The number of hydrogen-bond acceptors (Lipinski definition) is 4. The third kappa shape index (κ3) is 4.96. The highest BCUT2D eigenvalue weighted by atomic mass is 32.1. The number of aromatic amines is 1. The molecule has 0 unspecified atom stereocenters. The molecule has 2 aromatic carbocycles. The molecule has 0 aliphatic heterocycles. The van der Waals surface area contributed by atoms with Crippen LogP contribution in [0.5, 0.6) is 0 Å². The topological polar surface area (TPSA) is 122 Å². The second-order valence-electron chi connectivity index (χ2n) is 6.18. The molecule has 148 valence electrons. The third-order valence-electron chi connectivity index (χ3n) is 4.12. The van der Waals surface area contributed by atoms with Crippen LogP contribution in [0.2, 0.25) is 0 Å². The van der Waals surface area contributed by atoms with Crippen LogP contribution in [0.3, 0.4) is 0 Å². The maximum atomic E-state index is 12.6. The van der Waals surface area contributed by atoms with Crippen molar-refractivity contribution in [3.63, 3.8) is 0 Å². The molecular weight excluding hydrogens is 390 g/mol. The maximum Gasteiger partial charge on any atom is 0.270 e. The van der Waals surface area contributed by atoms with E-state index in [-0.39, 0.29) is 19.0 Å². The van der Waals surface area contributed by atoms with Gasteiger partial charge in [-0.2, -0.15) is 0 Å². The van der Waals surface area contributed by atoms with Crippen molar-refractivity contribution in [3.05, 3.63) is 82.4 Å². The molecule has 0 saturated carbocycles.